The number of anilines is 1. The molecule has 1 atom stereocenters. The van der Waals surface area contributed by atoms with E-state index in [1.54, 1.807) is 13.8 Å². The second kappa shape index (κ2) is 14.8. The first kappa shape index (κ1) is 33.2. The fourth-order valence-electron chi connectivity index (χ4n) is 4.77. The summed E-state index contributed by atoms with van der Waals surface area (Å²) in [5.41, 5.74) is -1.64. The lowest BCUT2D eigenvalue weighted by Gasteiger charge is -2.35. The molecule has 1 N–H and O–H groups in total. The zero-order valence-corrected chi connectivity index (χ0v) is 26.0. The van der Waals surface area contributed by atoms with Crippen LogP contribution in [0.15, 0.2) is 25.6 Å². The van der Waals surface area contributed by atoms with Gasteiger partial charge >= 0.3 is 0 Å². The number of rotatable bonds is 13. The molecule has 2 aliphatic rings. The van der Waals surface area contributed by atoms with Crippen molar-refractivity contribution < 1.29 is 42.8 Å². The molecule has 18 heteroatoms. The van der Waals surface area contributed by atoms with Gasteiger partial charge in [0.25, 0.3) is 0 Å². The first-order chi connectivity index (χ1) is 20.3. The maximum atomic E-state index is 15.5. The molecule has 0 aliphatic carbocycles. The maximum Gasteiger partial charge on any atom is 0.197 e. The van der Waals surface area contributed by atoms with Gasteiger partial charge in [0.15, 0.2) is 28.5 Å². The second-order valence-electron chi connectivity index (χ2n) is 8.73. The Kier molecular flexibility index (Phi) is 11.7. The Labute approximate surface area is 260 Å². The molecule has 2 aliphatic heterocycles. The van der Waals surface area contributed by atoms with E-state index in [2.05, 4.69) is 0 Å². The van der Waals surface area contributed by atoms with Gasteiger partial charge in [-0.2, -0.15) is 19.4 Å². The van der Waals surface area contributed by atoms with Gasteiger partial charge in [-0.1, -0.05) is 0 Å². The number of halogens is 6. The van der Waals surface area contributed by atoms with E-state index in [0.717, 1.165) is 0 Å². The Balaban J connectivity index is 1.77. The number of benzene rings is 2. The van der Waals surface area contributed by atoms with Gasteiger partial charge in [0.2, 0.25) is 0 Å². The highest BCUT2D eigenvalue weighted by Gasteiger charge is 2.38. The number of carbonyl (C=O) groups is 1. The summed E-state index contributed by atoms with van der Waals surface area (Å²) in [4.78, 5) is 14.1. The topological polar surface area (TPSA) is 75.1 Å². The number of ether oxygens (including phenoxy) is 3. The third-order valence-corrected chi connectivity index (χ3v) is 9.41. The van der Waals surface area contributed by atoms with Crippen LogP contribution in [0.5, 0.6) is 11.5 Å². The molecule has 7 nitrogen and oxygen atoms in total. The van der Waals surface area contributed by atoms with E-state index in [9.17, 15) is 24.2 Å². The number of hydrogen-bond acceptors (Lipinski definition) is 11. The van der Waals surface area contributed by atoms with Crippen LogP contribution in [-0.2, 0) is 11.3 Å². The number of Topliss-reactive ketones (excluding diaryl/α,β-unsaturated/α-hetero) is 1. The zero-order valence-electron chi connectivity index (χ0n) is 21.9. The molecule has 1 fully saturated rings. The fourth-order valence-corrected chi connectivity index (χ4v) is 7.60. The molecule has 0 saturated carbocycles. The molecule has 0 spiro atoms. The van der Waals surface area contributed by atoms with Crippen molar-refractivity contribution >= 4 is 78.0 Å². The molecular weight excluding hydrogens is 669 g/mol. The van der Waals surface area contributed by atoms with E-state index in [0.29, 0.717) is 5.56 Å². The van der Waals surface area contributed by atoms with Crippen LogP contribution in [0.4, 0.5) is 29.5 Å². The van der Waals surface area contributed by atoms with Crippen molar-refractivity contribution in [1.29, 1.82) is 5.41 Å². The van der Waals surface area contributed by atoms with Gasteiger partial charge in [-0.15, -0.1) is 0 Å². The Morgan fingerprint density at radius 3 is 2.29 bits per heavy atom. The smallest absolute Gasteiger partial charge is 0.197 e. The number of nitrogens with zero attached hydrogens (tertiary/aromatic N) is 2. The highest BCUT2D eigenvalue weighted by atomic mass is 32.2. The summed E-state index contributed by atoms with van der Waals surface area (Å²) >= 11 is -2.13. The van der Waals surface area contributed by atoms with Crippen molar-refractivity contribution in [2.24, 2.45) is 0 Å². The van der Waals surface area contributed by atoms with Crippen LogP contribution in [0, 0.1) is 11.2 Å². The summed E-state index contributed by atoms with van der Waals surface area (Å²) in [6.45, 7) is 2.73. The van der Waals surface area contributed by atoms with Crippen LogP contribution in [0.3, 0.4) is 0 Å². The van der Waals surface area contributed by atoms with Crippen molar-refractivity contribution in [2.75, 3.05) is 44.4 Å². The standard InChI is InChI=1S/C24H23F6N3O4S5/c1-3-35-13-7-11-8-33(24(31)15(11)17(25)19(13)36-4-2)9-12(34)16-20(39-27)18(32-5-6-37-14(10-32)38-26)22(41-29)23(42-30)21(16)40-28/h7,14,31H,3-6,8-10H2,1-2H3. The number of fused-ring (bicyclic) bond motifs is 1. The van der Waals surface area contributed by atoms with Gasteiger partial charge in [-0.25, -0.2) is 4.39 Å². The monoisotopic (exact) mass is 691 g/mol. The number of carbonyl (C=O) groups excluding carboxylic acids is 1. The van der Waals surface area contributed by atoms with Crippen LogP contribution in [0.1, 0.15) is 35.3 Å². The molecule has 2 aromatic rings. The Morgan fingerprint density at radius 1 is 1.02 bits per heavy atom. The van der Waals surface area contributed by atoms with Crippen LogP contribution in [0.25, 0.3) is 0 Å². The van der Waals surface area contributed by atoms with Crippen LogP contribution in [-0.4, -0.2) is 61.4 Å². The van der Waals surface area contributed by atoms with Crippen molar-refractivity contribution in [3.63, 3.8) is 0 Å². The Bertz CT molecular complexity index is 1360. The molecule has 1 saturated heterocycles. The third-order valence-electron chi connectivity index (χ3n) is 6.44. The normalized spacial score (nSPS) is 16.7. The summed E-state index contributed by atoms with van der Waals surface area (Å²) in [7, 11) is 0. The third kappa shape index (κ3) is 6.24. The first-order valence-corrected chi connectivity index (χ1v) is 15.9. The number of ketones is 1. The first-order valence-electron chi connectivity index (χ1n) is 12.3. The minimum atomic E-state index is -1.02. The highest BCUT2D eigenvalue weighted by Crippen LogP contribution is 2.53. The minimum Gasteiger partial charge on any atom is -0.490 e. The number of hydrogen-bond donors (Lipinski definition) is 1. The maximum absolute atomic E-state index is 15.5. The lowest BCUT2D eigenvalue weighted by Crippen LogP contribution is -2.41. The van der Waals surface area contributed by atoms with Gasteiger partial charge in [0.1, 0.15) is 5.84 Å². The lowest BCUT2D eigenvalue weighted by atomic mass is 10.1. The van der Waals surface area contributed by atoms with Crippen molar-refractivity contribution in [1.82, 2.24) is 4.90 Å². The lowest BCUT2D eigenvalue weighted by molar-refractivity contribution is 0.0950. The van der Waals surface area contributed by atoms with E-state index in [1.807, 2.05) is 0 Å². The molecule has 4 rings (SSSR count). The van der Waals surface area contributed by atoms with Crippen LogP contribution < -0.4 is 14.4 Å². The Morgan fingerprint density at radius 2 is 1.69 bits per heavy atom. The van der Waals surface area contributed by atoms with E-state index in [-0.39, 0.29) is 80.2 Å². The average Bonchev–Trinajstić information content (AvgIpc) is 3.31. The van der Waals surface area contributed by atoms with Gasteiger partial charge in [0.05, 0.1) is 130 Å². The molecule has 0 amide bonds. The molecular formula is C24H23F6N3O4S5. The van der Waals surface area contributed by atoms with Crippen LogP contribution in [0.2, 0.25) is 0 Å². The molecule has 0 radical (unpaired) electrons. The van der Waals surface area contributed by atoms with E-state index >= 15 is 4.39 Å². The predicted octanol–water partition coefficient (Wildman–Crippen LogP) is 8.33. The molecule has 42 heavy (non-hydrogen) atoms. The van der Waals surface area contributed by atoms with Crippen molar-refractivity contribution in [3.05, 3.63) is 28.6 Å². The SMILES string of the molecule is CCOc1cc2c(c(F)c1OCC)C(=N)N(CC(=O)c1c(SF)c(SF)c(SF)c(N3CCOC(SF)C3)c1SF)C2. The molecule has 2 heterocycles. The second-order valence-corrected chi connectivity index (χ2v) is 11.7. The molecule has 2 aromatic carbocycles. The van der Waals surface area contributed by atoms with Gasteiger partial charge in [-0.3, -0.25) is 10.2 Å². The summed E-state index contributed by atoms with van der Waals surface area (Å²) < 4.78 is 102. The number of amidine groups is 1. The number of morpholine rings is 1. The summed E-state index contributed by atoms with van der Waals surface area (Å²) in [6, 6.07) is 1.50. The van der Waals surface area contributed by atoms with Gasteiger partial charge < -0.3 is 24.0 Å². The summed E-state index contributed by atoms with van der Waals surface area (Å²) in [5.74, 6) is -2.23. The van der Waals surface area contributed by atoms with Gasteiger partial charge in [0, 0.05) is 13.1 Å². The van der Waals surface area contributed by atoms with Crippen molar-refractivity contribution in [2.45, 2.75) is 45.4 Å². The molecule has 1 unspecified atom stereocenters. The van der Waals surface area contributed by atoms with E-state index < -0.39 is 97.3 Å². The predicted molar refractivity (Wildman–Crippen MR) is 155 cm³/mol. The highest BCUT2D eigenvalue weighted by molar-refractivity contribution is 7.99. The number of nitrogens with one attached hydrogen (secondary N) is 1. The quantitative estimate of drug-likeness (QED) is 0.163. The largest absolute Gasteiger partial charge is 0.490 e. The van der Waals surface area contributed by atoms with Crippen molar-refractivity contribution in [3.8, 4) is 11.5 Å². The van der Waals surface area contributed by atoms with Crippen LogP contribution >= 0.6 is 60.7 Å². The molecule has 0 aromatic heterocycles. The van der Waals surface area contributed by atoms with E-state index in [1.165, 1.54) is 15.9 Å². The molecule has 230 valence electrons. The van der Waals surface area contributed by atoms with Gasteiger partial charge in [-0.05, 0) is 25.5 Å². The average molecular weight is 692 g/mol. The Hall–Kier alpha value is -1.73. The zero-order chi connectivity index (χ0) is 30.6. The summed E-state index contributed by atoms with van der Waals surface area (Å²) in [6.07, 6.45) is 0. The molecule has 0 bridgehead atoms. The minimum absolute atomic E-state index is 0.0278. The fraction of sp³-hybridized carbons (Fsp3) is 0.417. The summed E-state index contributed by atoms with van der Waals surface area (Å²) in [5, 5.41) is 8.57. The van der Waals surface area contributed by atoms with E-state index in [4.69, 9.17) is 19.6 Å².